The van der Waals surface area contributed by atoms with Gasteiger partial charge in [-0.15, -0.1) is 24.0 Å². The van der Waals surface area contributed by atoms with E-state index in [2.05, 4.69) is 10.3 Å². The van der Waals surface area contributed by atoms with E-state index < -0.39 is 0 Å². The maximum atomic E-state index is 6.00. The molecule has 0 aliphatic rings. The number of nitrogens with two attached hydrogens (primary N) is 1. The number of ether oxygens (including phenoxy) is 2. The molecular weight excluding hydrogens is 441 g/mol. The lowest BCUT2D eigenvalue weighted by Crippen LogP contribution is -2.23. The molecule has 0 radical (unpaired) electrons. The molecule has 24 heavy (non-hydrogen) atoms. The van der Waals surface area contributed by atoms with Crippen molar-refractivity contribution in [1.82, 2.24) is 0 Å². The first-order chi connectivity index (χ1) is 11.1. The second-order valence-electron chi connectivity index (χ2n) is 4.86. The molecule has 130 valence electrons. The zero-order valence-corrected chi connectivity index (χ0v) is 16.6. The fraction of sp³-hybridized carbons (Fsp3) is 0.235. The van der Waals surface area contributed by atoms with Crippen molar-refractivity contribution < 1.29 is 9.47 Å². The van der Waals surface area contributed by atoms with E-state index in [4.69, 9.17) is 26.8 Å². The van der Waals surface area contributed by atoms with Crippen LogP contribution in [0.1, 0.15) is 11.7 Å². The first-order valence-corrected chi connectivity index (χ1v) is 7.49. The number of hydrogen-bond acceptors (Lipinski definition) is 3. The van der Waals surface area contributed by atoms with Crippen LogP contribution in [0.25, 0.3) is 0 Å². The van der Waals surface area contributed by atoms with Crippen molar-refractivity contribution in [2.24, 2.45) is 10.7 Å². The zero-order chi connectivity index (χ0) is 16.7. The van der Waals surface area contributed by atoms with Gasteiger partial charge in [0.25, 0.3) is 0 Å². The molecule has 5 nitrogen and oxygen atoms in total. The standard InChI is InChI=1S/C17H20ClN3O2.HI/c1-22-15-8-6-14(7-9-15)21-17(19)20-11-16(23-2)12-4-3-5-13(18)10-12;/h3-10,16H,11H2,1-2H3,(H3,19,20,21);1H. The highest BCUT2D eigenvalue weighted by molar-refractivity contribution is 14.0. The van der Waals surface area contributed by atoms with Gasteiger partial charge in [-0.05, 0) is 42.0 Å². The van der Waals surface area contributed by atoms with Crippen LogP contribution < -0.4 is 15.8 Å². The van der Waals surface area contributed by atoms with Gasteiger partial charge in [0.1, 0.15) is 11.9 Å². The number of halogens is 2. The molecular formula is C17H21ClIN3O2. The van der Waals surface area contributed by atoms with Gasteiger partial charge in [0.05, 0.1) is 13.7 Å². The number of nitrogens with zero attached hydrogens (tertiary/aromatic N) is 1. The van der Waals surface area contributed by atoms with Crippen LogP contribution in [0.5, 0.6) is 5.75 Å². The van der Waals surface area contributed by atoms with Gasteiger partial charge in [-0.1, -0.05) is 23.7 Å². The molecule has 0 saturated carbocycles. The van der Waals surface area contributed by atoms with Gasteiger partial charge >= 0.3 is 0 Å². The fourth-order valence-electron chi connectivity index (χ4n) is 2.07. The second kappa shape index (κ2) is 10.4. The van der Waals surface area contributed by atoms with Crippen LogP contribution in [0.4, 0.5) is 5.69 Å². The highest BCUT2D eigenvalue weighted by Gasteiger charge is 2.10. The summed E-state index contributed by atoms with van der Waals surface area (Å²) in [6.45, 7) is 0.395. The number of guanidine groups is 1. The Hall–Kier alpha value is -1.51. The van der Waals surface area contributed by atoms with Crippen molar-refractivity contribution in [1.29, 1.82) is 0 Å². The summed E-state index contributed by atoms with van der Waals surface area (Å²) < 4.78 is 10.6. The minimum Gasteiger partial charge on any atom is -0.497 e. The zero-order valence-electron chi connectivity index (χ0n) is 13.5. The molecule has 2 aromatic carbocycles. The van der Waals surface area contributed by atoms with Gasteiger partial charge in [-0.2, -0.15) is 0 Å². The van der Waals surface area contributed by atoms with Crippen LogP contribution in [0, 0.1) is 0 Å². The molecule has 0 saturated heterocycles. The molecule has 0 aliphatic carbocycles. The van der Waals surface area contributed by atoms with Crippen LogP contribution >= 0.6 is 35.6 Å². The number of hydrogen-bond donors (Lipinski definition) is 2. The quantitative estimate of drug-likeness (QED) is 0.386. The van der Waals surface area contributed by atoms with Crippen molar-refractivity contribution in [3.8, 4) is 5.75 Å². The number of nitrogens with one attached hydrogen (secondary N) is 1. The maximum absolute atomic E-state index is 6.00. The van der Waals surface area contributed by atoms with Crippen molar-refractivity contribution in [3.63, 3.8) is 0 Å². The van der Waals surface area contributed by atoms with Gasteiger partial charge in [-0.3, -0.25) is 4.99 Å². The second-order valence-corrected chi connectivity index (χ2v) is 5.30. The number of aliphatic imine (C=N–C) groups is 1. The average molecular weight is 462 g/mol. The van der Waals surface area contributed by atoms with Gasteiger partial charge in [0.15, 0.2) is 5.96 Å². The Kier molecular flexibility index (Phi) is 8.88. The van der Waals surface area contributed by atoms with Gasteiger partial charge in [0.2, 0.25) is 0 Å². The summed E-state index contributed by atoms with van der Waals surface area (Å²) >= 11 is 6.00. The molecule has 0 heterocycles. The Morgan fingerprint density at radius 1 is 1.21 bits per heavy atom. The molecule has 0 aromatic heterocycles. The monoisotopic (exact) mass is 461 g/mol. The minimum absolute atomic E-state index is 0. The first-order valence-electron chi connectivity index (χ1n) is 7.11. The van der Waals surface area contributed by atoms with Crippen LogP contribution in [0.15, 0.2) is 53.5 Å². The molecule has 0 amide bonds. The minimum atomic E-state index is -0.204. The average Bonchev–Trinajstić information content (AvgIpc) is 2.56. The summed E-state index contributed by atoms with van der Waals surface area (Å²) in [7, 11) is 3.26. The Morgan fingerprint density at radius 2 is 1.92 bits per heavy atom. The van der Waals surface area contributed by atoms with Crippen molar-refractivity contribution in [2.45, 2.75) is 6.10 Å². The number of rotatable bonds is 6. The number of benzene rings is 2. The smallest absolute Gasteiger partial charge is 0.193 e. The Labute approximate surface area is 164 Å². The molecule has 3 N–H and O–H groups in total. The summed E-state index contributed by atoms with van der Waals surface area (Å²) in [5.41, 5.74) is 7.71. The number of methoxy groups -OCH3 is 2. The van der Waals surface area contributed by atoms with Crippen LogP contribution in [0.3, 0.4) is 0 Å². The maximum Gasteiger partial charge on any atom is 0.193 e. The highest BCUT2D eigenvalue weighted by atomic mass is 127. The summed E-state index contributed by atoms with van der Waals surface area (Å²) in [6, 6.07) is 14.9. The third kappa shape index (κ3) is 6.18. The summed E-state index contributed by atoms with van der Waals surface area (Å²) in [4.78, 5) is 4.32. The Morgan fingerprint density at radius 3 is 2.50 bits per heavy atom. The van der Waals surface area contributed by atoms with Gasteiger partial charge < -0.3 is 20.5 Å². The Bertz CT molecular complexity index is 665. The molecule has 0 aliphatic heterocycles. The predicted octanol–water partition coefficient (Wildman–Crippen LogP) is 4.08. The Balaban J connectivity index is 0.00000288. The molecule has 1 atom stereocenters. The van der Waals surface area contributed by atoms with E-state index in [0.717, 1.165) is 17.0 Å². The molecule has 1 unspecified atom stereocenters. The van der Waals surface area contributed by atoms with E-state index in [-0.39, 0.29) is 30.1 Å². The van der Waals surface area contributed by atoms with E-state index >= 15 is 0 Å². The van der Waals surface area contributed by atoms with Crippen molar-refractivity contribution in [3.05, 3.63) is 59.1 Å². The van der Waals surface area contributed by atoms with Crippen LogP contribution in [0.2, 0.25) is 5.02 Å². The van der Waals surface area contributed by atoms with Crippen molar-refractivity contribution in [2.75, 3.05) is 26.1 Å². The topological polar surface area (TPSA) is 68.9 Å². The van der Waals surface area contributed by atoms with E-state index in [0.29, 0.717) is 17.5 Å². The molecule has 0 bridgehead atoms. The number of anilines is 1. The van der Waals surface area contributed by atoms with Crippen molar-refractivity contribution >= 4 is 47.2 Å². The highest BCUT2D eigenvalue weighted by Crippen LogP contribution is 2.21. The summed E-state index contributed by atoms with van der Waals surface area (Å²) in [6.07, 6.45) is -0.204. The first kappa shape index (κ1) is 20.5. The van der Waals surface area contributed by atoms with Gasteiger partial charge in [0, 0.05) is 17.8 Å². The normalized spacial score (nSPS) is 12.2. The van der Waals surface area contributed by atoms with E-state index in [1.807, 2.05) is 48.5 Å². The molecule has 0 fully saturated rings. The fourth-order valence-corrected chi connectivity index (χ4v) is 2.26. The van der Waals surface area contributed by atoms with E-state index in [9.17, 15) is 0 Å². The largest absolute Gasteiger partial charge is 0.497 e. The lowest BCUT2D eigenvalue weighted by Gasteiger charge is -2.14. The molecule has 2 aromatic rings. The van der Waals surface area contributed by atoms with Crippen LogP contribution in [-0.2, 0) is 4.74 Å². The van der Waals surface area contributed by atoms with Crippen LogP contribution in [-0.4, -0.2) is 26.7 Å². The lowest BCUT2D eigenvalue weighted by atomic mass is 10.1. The summed E-state index contributed by atoms with van der Waals surface area (Å²) in [5, 5.41) is 3.69. The van der Waals surface area contributed by atoms with Gasteiger partial charge in [-0.25, -0.2) is 0 Å². The van der Waals surface area contributed by atoms with E-state index in [1.54, 1.807) is 14.2 Å². The third-order valence-corrected chi connectivity index (χ3v) is 3.53. The lowest BCUT2D eigenvalue weighted by molar-refractivity contribution is 0.111. The predicted molar refractivity (Wildman–Crippen MR) is 110 cm³/mol. The summed E-state index contributed by atoms with van der Waals surface area (Å²) in [5.74, 6) is 1.10. The molecule has 7 heteroatoms. The SMILES string of the molecule is COc1ccc(NC(N)=NCC(OC)c2cccc(Cl)c2)cc1.I. The third-order valence-electron chi connectivity index (χ3n) is 3.29. The van der Waals surface area contributed by atoms with E-state index in [1.165, 1.54) is 0 Å². The molecule has 0 spiro atoms. The molecule has 2 rings (SSSR count).